The molecule has 1 aliphatic rings. The predicted molar refractivity (Wildman–Crippen MR) is 129 cm³/mol. The fourth-order valence-corrected chi connectivity index (χ4v) is 4.36. The second kappa shape index (κ2) is 9.15. The number of ether oxygens (including phenoxy) is 2. The Balaban J connectivity index is 1.62. The number of H-pyrrole nitrogens is 1. The summed E-state index contributed by atoms with van der Waals surface area (Å²) in [5.41, 5.74) is 4.08. The molecule has 0 aliphatic carbocycles. The van der Waals surface area contributed by atoms with Gasteiger partial charge in [0, 0.05) is 30.4 Å². The quantitative estimate of drug-likeness (QED) is 0.324. The molecule has 5 rings (SSSR count). The lowest BCUT2D eigenvalue weighted by atomic mass is 10.0. The number of methoxy groups -OCH3 is 1. The zero-order valence-corrected chi connectivity index (χ0v) is 19.4. The molecule has 3 N–H and O–H groups in total. The van der Waals surface area contributed by atoms with Crippen molar-refractivity contribution in [3.05, 3.63) is 77.1 Å². The highest BCUT2D eigenvalue weighted by atomic mass is 35.5. The van der Waals surface area contributed by atoms with Crippen LogP contribution in [0.3, 0.4) is 0 Å². The Kier molecular flexibility index (Phi) is 5.90. The highest BCUT2D eigenvalue weighted by Gasteiger charge is 2.29. The van der Waals surface area contributed by atoms with Gasteiger partial charge in [0.1, 0.15) is 11.5 Å². The van der Waals surface area contributed by atoms with E-state index in [4.69, 9.17) is 25.5 Å². The molecule has 9 heteroatoms. The third-order valence-electron chi connectivity index (χ3n) is 5.70. The van der Waals surface area contributed by atoms with E-state index in [2.05, 4.69) is 20.6 Å². The van der Waals surface area contributed by atoms with Crippen LogP contribution in [-0.2, 0) is 6.42 Å². The molecule has 0 saturated heterocycles. The number of halogens is 1. The van der Waals surface area contributed by atoms with Gasteiger partial charge in [-0.25, -0.2) is 0 Å². The predicted octanol–water partition coefficient (Wildman–Crippen LogP) is 5.50. The molecule has 1 aromatic carbocycles. The zero-order valence-electron chi connectivity index (χ0n) is 18.6. The lowest BCUT2D eigenvalue weighted by molar-refractivity contribution is 0.0947. The van der Waals surface area contributed by atoms with Crippen LogP contribution >= 0.6 is 11.6 Å². The minimum Gasteiger partial charge on any atom is -0.493 e. The number of aromatic nitrogens is 2. The van der Waals surface area contributed by atoms with Gasteiger partial charge in [-0.2, -0.15) is 0 Å². The van der Waals surface area contributed by atoms with Crippen molar-refractivity contribution in [2.45, 2.75) is 19.4 Å². The Labute approximate surface area is 201 Å². The number of hydrogen-bond donors (Lipinski definition) is 3. The number of rotatable bonds is 7. The molecule has 34 heavy (non-hydrogen) atoms. The Bertz CT molecular complexity index is 1330. The summed E-state index contributed by atoms with van der Waals surface area (Å²) in [6.07, 6.45) is 5.28. The Morgan fingerprint density at radius 1 is 1.24 bits per heavy atom. The SMILES string of the molecule is COc1c(Cl)cccc1Nc1c(-c2ccncc2O[C@@H](C)c2ccco2)[nH]c2c1C(=O)NCC2. The fraction of sp³-hybridized carbons (Fsp3) is 0.200. The maximum absolute atomic E-state index is 12.9. The van der Waals surface area contributed by atoms with Gasteiger partial charge in [0.2, 0.25) is 0 Å². The zero-order chi connectivity index (χ0) is 23.7. The van der Waals surface area contributed by atoms with Crippen molar-refractivity contribution in [2.75, 3.05) is 19.0 Å². The Morgan fingerprint density at radius 3 is 2.91 bits per heavy atom. The standard InChI is InChI=1S/C25H23ClN4O4/c1-14(19-7-4-12-33-19)34-20-13-27-10-8-15(20)22-23(21-17(29-22)9-11-28-25(21)31)30-18-6-3-5-16(26)24(18)32-2/h3-8,10,12-14,29-30H,9,11H2,1-2H3,(H,28,31)/t14-/m0/s1. The molecule has 174 valence electrons. The molecular formula is C25H23ClN4O4. The molecule has 0 bridgehead atoms. The van der Waals surface area contributed by atoms with Crippen LogP contribution in [0.5, 0.6) is 11.5 Å². The molecule has 0 unspecified atom stereocenters. The maximum atomic E-state index is 12.9. The van der Waals surface area contributed by atoms with Crippen molar-refractivity contribution in [1.29, 1.82) is 0 Å². The Hall–Kier alpha value is -3.91. The van der Waals surface area contributed by atoms with Crippen LogP contribution in [0.2, 0.25) is 5.02 Å². The Morgan fingerprint density at radius 2 is 2.12 bits per heavy atom. The molecule has 4 aromatic rings. The van der Waals surface area contributed by atoms with Crippen molar-refractivity contribution < 1.29 is 18.7 Å². The smallest absolute Gasteiger partial charge is 0.255 e. The molecule has 4 heterocycles. The molecule has 1 aliphatic heterocycles. The first-order valence-corrected chi connectivity index (χ1v) is 11.2. The van der Waals surface area contributed by atoms with Gasteiger partial charge in [0.05, 0.1) is 47.2 Å². The van der Waals surface area contributed by atoms with Gasteiger partial charge >= 0.3 is 0 Å². The fourth-order valence-electron chi connectivity index (χ4n) is 4.11. The third-order valence-corrected chi connectivity index (χ3v) is 6.00. The average molecular weight is 479 g/mol. The first-order valence-electron chi connectivity index (χ1n) is 10.8. The summed E-state index contributed by atoms with van der Waals surface area (Å²) >= 11 is 6.34. The van der Waals surface area contributed by atoms with E-state index in [-0.39, 0.29) is 12.0 Å². The van der Waals surface area contributed by atoms with Crippen molar-refractivity contribution >= 4 is 28.9 Å². The van der Waals surface area contributed by atoms with Crippen LogP contribution in [0.4, 0.5) is 11.4 Å². The van der Waals surface area contributed by atoms with Gasteiger partial charge in [-0.05, 0) is 37.3 Å². The van der Waals surface area contributed by atoms with E-state index >= 15 is 0 Å². The molecule has 0 saturated carbocycles. The van der Waals surface area contributed by atoms with E-state index in [0.717, 1.165) is 11.3 Å². The molecule has 1 atom stereocenters. The van der Waals surface area contributed by atoms with Crippen molar-refractivity contribution in [1.82, 2.24) is 15.3 Å². The molecule has 3 aromatic heterocycles. The minimum atomic E-state index is -0.338. The number of benzene rings is 1. The van der Waals surface area contributed by atoms with Gasteiger partial charge in [0.15, 0.2) is 11.9 Å². The van der Waals surface area contributed by atoms with Gasteiger partial charge < -0.3 is 29.5 Å². The van der Waals surface area contributed by atoms with Crippen molar-refractivity contribution in [3.8, 4) is 22.8 Å². The summed E-state index contributed by atoms with van der Waals surface area (Å²) in [5.74, 6) is 1.57. The van der Waals surface area contributed by atoms with Crippen molar-refractivity contribution in [3.63, 3.8) is 0 Å². The number of hydrogen-bond acceptors (Lipinski definition) is 6. The first kappa shape index (κ1) is 21.9. The summed E-state index contributed by atoms with van der Waals surface area (Å²) in [5, 5.41) is 6.77. The summed E-state index contributed by atoms with van der Waals surface area (Å²) < 4.78 is 17.2. The number of nitrogens with zero attached hydrogens (tertiary/aromatic N) is 1. The van der Waals surface area contributed by atoms with Crippen LogP contribution in [0.15, 0.2) is 59.5 Å². The monoisotopic (exact) mass is 478 g/mol. The molecule has 8 nitrogen and oxygen atoms in total. The van der Waals surface area contributed by atoms with Crippen LogP contribution in [-0.4, -0.2) is 29.5 Å². The van der Waals surface area contributed by atoms with Crippen LogP contribution in [0.1, 0.15) is 34.8 Å². The second-order valence-corrected chi connectivity index (χ2v) is 8.23. The maximum Gasteiger partial charge on any atom is 0.255 e. The number of pyridine rings is 1. The number of para-hydroxylation sites is 1. The van der Waals surface area contributed by atoms with E-state index < -0.39 is 0 Å². The van der Waals surface area contributed by atoms with E-state index in [1.54, 1.807) is 31.8 Å². The van der Waals surface area contributed by atoms with Crippen LogP contribution in [0, 0.1) is 0 Å². The number of carbonyl (C=O) groups excluding carboxylic acids is 1. The summed E-state index contributed by atoms with van der Waals surface area (Å²) in [4.78, 5) is 20.6. The number of anilines is 2. The second-order valence-electron chi connectivity index (χ2n) is 7.83. The summed E-state index contributed by atoms with van der Waals surface area (Å²) in [7, 11) is 1.55. The third kappa shape index (κ3) is 3.97. The summed E-state index contributed by atoms with van der Waals surface area (Å²) in [6.45, 7) is 2.46. The number of nitrogens with one attached hydrogen (secondary N) is 3. The lowest BCUT2D eigenvalue weighted by Crippen LogP contribution is -2.31. The minimum absolute atomic E-state index is 0.160. The van der Waals surface area contributed by atoms with Gasteiger partial charge in [0.25, 0.3) is 5.91 Å². The highest BCUT2D eigenvalue weighted by Crippen LogP contribution is 2.43. The van der Waals surface area contributed by atoms with E-state index in [1.165, 1.54) is 0 Å². The number of fused-ring (bicyclic) bond motifs is 1. The molecule has 0 fully saturated rings. The lowest BCUT2D eigenvalue weighted by Gasteiger charge is -2.18. The average Bonchev–Trinajstić information content (AvgIpc) is 3.49. The molecule has 0 spiro atoms. The normalized spacial score (nSPS) is 13.7. The highest BCUT2D eigenvalue weighted by molar-refractivity contribution is 6.32. The first-order chi connectivity index (χ1) is 16.6. The molecule has 0 radical (unpaired) electrons. The summed E-state index contributed by atoms with van der Waals surface area (Å²) in [6, 6.07) is 10.9. The van der Waals surface area contributed by atoms with Gasteiger partial charge in [-0.1, -0.05) is 17.7 Å². The van der Waals surface area contributed by atoms with Gasteiger partial charge in [-0.3, -0.25) is 9.78 Å². The van der Waals surface area contributed by atoms with E-state index in [9.17, 15) is 4.79 Å². The van der Waals surface area contributed by atoms with Crippen LogP contribution < -0.4 is 20.1 Å². The van der Waals surface area contributed by atoms with E-state index in [0.29, 0.717) is 57.9 Å². The molecular weight excluding hydrogens is 456 g/mol. The van der Waals surface area contributed by atoms with Crippen molar-refractivity contribution in [2.24, 2.45) is 0 Å². The number of aromatic amines is 1. The number of carbonyl (C=O) groups is 1. The topological polar surface area (TPSA) is 101 Å². The largest absolute Gasteiger partial charge is 0.493 e. The number of furan rings is 1. The van der Waals surface area contributed by atoms with E-state index in [1.807, 2.05) is 37.3 Å². The van der Waals surface area contributed by atoms with Gasteiger partial charge in [-0.15, -0.1) is 0 Å². The number of amides is 1. The molecule has 1 amide bonds. The van der Waals surface area contributed by atoms with Crippen LogP contribution in [0.25, 0.3) is 11.3 Å².